The number of hydrogen-bond acceptors (Lipinski definition) is 7. The van der Waals surface area contributed by atoms with Crippen LogP contribution in [0.15, 0.2) is 36.1 Å². The van der Waals surface area contributed by atoms with E-state index in [4.69, 9.17) is 4.74 Å². The number of benzene rings is 1. The highest BCUT2D eigenvalue weighted by molar-refractivity contribution is 5.84. The van der Waals surface area contributed by atoms with Crippen molar-refractivity contribution < 1.29 is 33.7 Å². The molecule has 44 heavy (non-hydrogen) atoms. The van der Waals surface area contributed by atoms with Crippen LogP contribution in [0.3, 0.4) is 0 Å². The molecule has 2 amide bonds. The lowest BCUT2D eigenvalue weighted by Gasteiger charge is -2.43. The zero-order valence-electron chi connectivity index (χ0n) is 26.1. The molecule has 0 bridgehead atoms. The zero-order chi connectivity index (χ0) is 32.1. The number of halogens is 1. The molecule has 1 aromatic heterocycles. The summed E-state index contributed by atoms with van der Waals surface area (Å²) in [4.78, 5) is 40.7. The van der Waals surface area contributed by atoms with Gasteiger partial charge in [-0.15, -0.1) is 0 Å². The minimum absolute atomic E-state index is 0.0475. The molecule has 1 saturated heterocycles. The molecule has 1 unspecified atom stereocenters. The number of aromatic nitrogens is 2. The summed E-state index contributed by atoms with van der Waals surface area (Å²) in [7, 11) is 3.50. The van der Waals surface area contributed by atoms with E-state index in [1.54, 1.807) is 19.1 Å². The average molecular weight is 614 g/mol. The van der Waals surface area contributed by atoms with Gasteiger partial charge in [0.25, 0.3) is 0 Å². The largest absolute Gasteiger partial charge is 0.465 e. The number of amides is 2. The number of carboxylic acid groups (broad SMARTS) is 1. The Morgan fingerprint density at radius 2 is 1.95 bits per heavy atom. The number of esters is 1. The highest BCUT2D eigenvalue weighted by Crippen LogP contribution is 2.32. The van der Waals surface area contributed by atoms with Crippen LogP contribution in [-0.2, 0) is 20.9 Å². The number of fused-ring (bicyclic) bond motifs is 1. The van der Waals surface area contributed by atoms with E-state index in [1.165, 1.54) is 28.9 Å². The van der Waals surface area contributed by atoms with Crippen molar-refractivity contribution in [2.45, 2.75) is 64.8 Å². The first-order valence-corrected chi connectivity index (χ1v) is 15.2. The zero-order valence-corrected chi connectivity index (χ0v) is 26.1. The van der Waals surface area contributed by atoms with Crippen LogP contribution in [0, 0.1) is 23.6 Å². The molecule has 0 spiro atoms. The van der Waals surface area contributed by atoms with Gasteiger partial charge >= 0.3 is 12.1 Å². The van der Waals surface area contributed by atoms with E-state index >= 15 is 4.39 Å². The lowest BCUT2D eigenvalue weighted by atomic mass is 9.80. The van der Waals surface area contributed by atoms with Crippen molar-refractivity contribution in [1.82, 2.24) is 24.9 Å². The second-order valence-corrected chi connectivity index (χ2v) is 12.2. The molecule has 11 nitrogen and oxygen atoms in total. The number of aliphatic hydroxyl groups is 1. The fraction of sp³-hybridized carbons (Fsp3) is 0.562. The quantitative estimate of drug-likeness (QED) is 0.344. The SMILES string of the molecule is CNC(=O)Cn1ncc2c(F)cc(/C=C(\C)[C@H]3OC(=O)C[C@@H](O)CC[C@@H](C)[C@@H](C4CN(C)CCN4C(=O)O)/C=C/[C@@H]3C)cc21. The van der Waals surface area contributed by atoms with Gasteiger partial charge < -0.3 is 30.1 Å². The first-order valence-electron chi connectivity index (χ1n) is 15.2. The van der Waals surface area contributed by atoms with Crippen LogP contribution < -0.4 is 5.32 Å². The van der Waals surface area contributed by atoms with Gasteiger partial charge in [0, 0.05) is 38.5 Å². The van der Waals surface area contributed by atoms with Crippen LogP contribution >= 0.6 is 0 Å². The van der Waals surface area contributed by atoms with Crippen LogP contribution in [0.4, 0.5) is 9.18 Å². The first-order chi connectivity index (χ1) is 20.9. The molecule has 4 rings (SSSR count). The summed E-state index contributed by atoms with van der Waals surface area (Å²) in [6.07, 6.45) is 5.43. The lowest BCUT2D eigenvalue weighted by molar-refractivity contribution is -0.151. The molecule has 1 fully saturated rings. The number of likely N-dealkylation sites (N-methyl/N-ethyl adjacent to an activating group) is 2. The molecule has 3 N–H and O–H groups in total. The van der Waals surface area contributed by atoms with Gasteiger partial charge in [0.1, 0.15) is 18.5 Å². The number of ether oxygens (including phenoxy) is 1. The topological polar surface area (TPSA) is 137 Å². The number of nitrogens with zero attached hydrogens (tertiary/aromatic N) is 4. The van der Waals surface area contributed by atoms with Gasteiger partial charge in [-0.2, -0.15) is 5.10 Å². The van der Waals surface area contributed by atoms with E-state index in [-0.39, 0.29) is 48.1 Å². The maximum Gasteiger partial charge on any atom is 0.407 e. The van der Waals surface area contributed by atoms with Crippen molar-refractivity contribution in [2.75, 3.05) is 33.7 Å². The summed E-state index contributed by atoms with van der Waals surface area (Å²) in [6.45, 7) is 7.38. The van der Waals surface area contributed by atoms with E-state index in [2.05, 4.69) is 22.2 Å². The van der Waals surface area contributed by atoms with Crippen molar-refractivity contribution in [1.29, 1.82) is 0 Å². The van der Waals surface area contributed by atoms with E-state index in [0.717, 1.165) is 0 Å². The Bertz CT molecular complexity index is 1420. The molecule has 0 aliphatic carbocycles. The summed E-state index contributed by atoms with van der Waals surface area (Å²) in [5.41, 5.74) is 1.63. The average Bonchev–Trinajstić information content (AvgIpc) is 3.36. The molecule has 0 radical (unpaired) electrons. The molecule has 12 heteroatoms. The minimum atomic E-state index is -0.950. The van der Waals surface area contributed by atoms with Gasteiger partial charge in [-0.1, -0.05) is 32.1 Å². The van der Waals surface area contributed by atoms with Crippen molar-refractivity contribution >= 4 is 34.9 Å². The molecule has 2 aliphatic heterocycles. The number of aliphatic hydroxyl groups excluding tert-OH is 1. The monoisotopic (exact) mass is 613 g/mol. The maximum atomic E-state index is 15.1. The highest BCUT2D eigenvalue weighted by atomic mass is 19.1. The second kappa shape index (κ2) is 14.3. The number of cyclic esters (lactones) is 1. The molecule has 0 saturated carbocycles. The first kappa shape index (κ1) is 33.1. The Hall–Kier alpha value is -3.77. The van der Waals surface area contributed by atoms with Gasteiger partial charge in [0.15, 0.2) is 0 Å². The molecule has 240 valence electrons. The number of carbonyl (C=O) groups excluding carboxylic acids is 2. The number of nitrogens with one attached hydrogen (secondary N) is 1. The van der Waals surface area contributed by atoms with E-state index in [0.29, 0.717) is 49.1 Å². The molecule has 2 aliphatic rings. The Labute approximate surface area is 257 Å². The summed E-state index contributed by atoms with van der Waals surface area (Å²) < 4.78 is 22.4. The van der Waals surface area contributed by atoms with Crippen LogP contribution in [0.5, 0.6) is 0 Å². The summed E-state index contributed by atoms with van der Waals surface area (Å²) in [5.74, 6) is -1.68. The Morgan fingerprint density at radius 1 is 1.20 bits per heavy atom. The molecular weight excluding hydrogens is 569 g/mol. The standard InChI is InChI=1S/C32H44FN5O6/c1-19-6-8-23(39)15-30(41)44-31(20(2)7-9-24(19)28-17-36(5)10-11-37(28)32(42)43)21(3)12-22-13-26(33)25-16-35-38(27(25)14-22)18-29(40)34-4/h7,9,12-14,16,19-20,23-24,28,31,39H,6,8,10-11,15,17-18H2,1-5H3,(H,34,40)(H,42,43)/b9-7+,21-12+/t19-,20+,23+,24+,28?,31+/m1/s1. The third-order valence-electron chi connectivity index (χ3n) is 8.85. The van der Waals surface area contributed by atoms with Gasteiger partial charge in [-0.05, 0) is 56.0 Å². The Morgan fingerprint density at radius 3 is 2.66 bits per heavy atom. The second-order valence-electron chi connectivity index (χ2n) is 12.2. The molecule has 3 heterocycles. The van der Waals surface area contributed by atoms with Gasteiger partial charge in [-0.25, -0.2) is 9.18 Å². The minimum Gasteiger partial charge on any atom is -0.465 e. The molecule has 1 aromatic carbocycles. The lowest BCUT2D eigenvalue weighted by Crippen LogP contribution is -2.57. The number of piperazine rings is 1. The van der Waals surface area contributed by atoms with Crippen LogP contribution in [-0.4, -0.2) is 99.7 Å². The van der Waals surface area contributed by atoms with Crippen molar-refractivity contribution in [3.63, 3.8) is 0 Å². The van der Waals surface area contributed by atoms with E-state index in [1.807, 2.05) is 26.1 Å². The van der Waals surface area contributed by atoms with Crippen molar-refractivity contribution in [3.05, 3.63) is 47.4 Å². The van der Waals surface area contributed by atoms with Crippen LogP contribution in [0.25, 0.3) is 17.0 Å². The smallest absolute Gasteiger partial charge is 0.407 e. The highest BCUT2D eigenvalue weighted by Gasteiger charge is 2.37. The fourth-order valence-electron chi connectivity index (χ4n) is 6.29. The molecule has 6 atom stereocenters. The Balaban J connectivity index is 1.69. The van der Waals surface area contributed by atoms with Crippen molar-refractivity contribution in [2.24, 2.45) is 17.8 Å². The predicted octanol–water partition coefficient (Wildman–Crippen LogP) is 3.52. The maximum absolute atomic E-state index is 15.1. The summed E-state index contributed by atoms with van der Waals surface area (Å²) in [5, 5.41) is 27.6. The fourth-order valence-corrected chi connectivity index (χ4v) is 6.29. The molecular formula is C32H44FN5O6. The molecule has 2 aromatic rings. The van der Waals surface area contributed by atoms with Crippen LogP contribution in [0.1, 0.15) is 45.6 Å². The predicted molar refractivity (Wildman–Crippen MR) is 164 cm³/mol. The van der Waals surface area contributed by atoms with Gasteiger partial charge in [0.05, 0.1) is 35.7 Å². The summed E-state index contributed by atoms with van der Waals surface area (Å²) >= 11 is 0. The van der Waals surface area contributed by atoms with Gasteiger partial charge in [0.2, 0.25) is 5.91 Å². The third kappa shape index (κ3) is 7.84. The van der Waals surface area contributed by atoms with Crippen molar-refractivity contribution in [3.8, 4) is 0 Å². The van der Waals surface area contributed by atoms with E-state index < -0.39 is 30.1 Å². The Kier molecular flexibility index (Phi) is 10.8. The van der Waals surface area contributed by atoms with Crippen LogP contribution in [0.2, 0.25) is 0 Å². The number of rotatable bonds is 5. The normalized spacial score (nSPS) is 28.6. The van der Waals surface area contributed by atoms with Gasteiger partial charge in [-0.3, -0.25) is 14.3 Å². The van der Waals surface area contributed by atoms with E-state index in [9.17, 15) is 24.6 Å². The number of carbonyl (C=O) groups is 3. The summed E-state index contributed by atoms with van der Waals surface area (Å²) in [6, 6.07) is 2.84. The third-order valence-corrected chi connectivity index (χ3v) is 8.85. The number of hydrogen-bond donors (Lipinski definition) is 3.